The van der Waals surface area contributed by atoms with Crippen LogP contribution >= 0.6 is 11.3 Å². The van der Waals surface area contributed by atoms with Crippen LogP contribution in [0.3, 0.4) is 0 Å². The van der Waals surface area contributed by atoms with E-state index in [9.17, 15) is 4.79 Å². The Labute approximate surface area is 115 Å². The third-order valence-electron chi connectivity index (χ3n) is 2.07. The van der Waals surface area contributed by atoms with Crippen molar-refractivity contribution in [1.82, 2.24) is 20.5 Å². The molecule has 0 aliphatic rings. The summed E-state index contributed by atoms with van der Waals surface area (Å²) in [5, 5.41) is 11.5. The summed E-state index contributed by atoms with van der Waals surface area (Å²) < 4.78 is 5.13. The lowest BCUT2D eigenvalue weighted by atomic mass is 10.2. The number of thiophene rings is 1. The smallest absolute Gasteiger partial charge is 0.408 e. The number of hydrogen-bond donors (Lipinski definition) is 2. The van der Waals surface area contributed by atoms with Gasteiger partial charge >= 0.3 is 6.09 Å². The Morgan fingerprint density at radius 1 is 1.53 bits per heavy atom. The highest BCUT2D eigenvalue weighted by Crippen LogP contribution is 2.20. The average Bonchev–Trinajstić information content (AvgIpc) is 2.95. The van der Waals surface area contributed by atoms with Crippen LogP contribution in [0.15, 0.2) is 17.5 Å². The highest BCUT2D eigenvalue weighted by molar-refractivity contribution is 7.13. The summed E-state index contributed by atoms with van der Waals surface area (Å²) in [5.74, 6) is 1.23. The van der Waals surface area contributed by atoms with Crippen LogP contribution in [0.2, 0.25) is 0 Å². The molecule has 6 nitrogen and oxygen atoms in total. The molecule has 102 valence electrons. The van der Waals surface area contributed by atoms with Crippen molar-refractivity contribution in [3.05, 3.63) is 23.3 Å². The second-order valence-electron chi connectivity index (χ2n) is 4.94. The van der Waals surface area contributed by atoms with Crippen LogP contribution in [0.1, 0.15) is 26.6 Å². The second kappa shape index (κ2) is 5.40. The van der Waals surface area contributed by atoms with Gasteiger partial charge in [-0.1, -0.05) is 6.07 Å². The average molecular weight is 280 g/mol. The van der Waals surface area contributed by atoms with Gasteiger partial charge in [0.05, 0.1) is 11.4 Å². The van der Waals surface area contributed by atoms with Crippen LogP contribution in [0, 0.1) is 0 Å². The fourth-order valence-electron chi connectivity index (χ4n) is 1.36. The number of ether oxygens (including phenoxy) is 1. The van der Waals surface area contributed by atoms with Gasteiger partial charge in [-0.2, -0.15) is 5.10 Å². The van der Waals surface area contributed by atoms with Crippen molar-refractivity contribution >= 4 is 17.4 Å². The molecule has 0 aliphatic carbocycles. The van der Waals surface area contributed by atoms with Crippen molar-refractivity contribution in [2.24, 2.45) is 0 Å². The second-order valence-corrected chi connectivity index (χ2v) is 5.89. The molecule has 0 saturated heterocycles. The Balaban J connectivity index is 1.89. The molecule has 0 unspecified atom stereocenters. The molecule has 0 aromatic carbocycles. The third-order valence-corrected chi connectivity index (χ3v) is 2.94. The first-order chi connectivity index (χ1) is 8.94. The zero-order valence-electron chi connectivity index (χ0n) is 11.1. The molecule has 2 rings (SSSR count). The molecule has 0 radical (unpaired) electrons. The van der Waals surface area contributed by atoms with Crippen molar-refractivity contribution in [2.45, 2.75) is 32.9 Å². The van der Waals surface area contributed by atoms with Crippen LogP contribution in [0.5, 0.6) is 0 Å². The highest BCUT2D eigenvalue weighted by atomic mass is 32.1. The van der Waals surface area contributed by atoms with Gasteiger partial charge < -0.3 is 10.1 Å². The number of nitrogens with zero attached hydrogens (tertiary/aromatic N) is 2. The van der Waals surface area contributed by atoms with E-state index in [0.29, 0.717) is 11.6 Å². The Kier molecular flexibility index (Phi) is 3.84. The minimum Gasteiger partial charge on any atom is -0.444 e. The zero-order chi connectivity index (χ0) is 13.9. The van der Waals surface area contributed by atoms with Crippen LogP contribution in [0.4, 0.5) is 4.79 Å². The van der Waals surface area contributed by atoms with Gasteiger partial charge in [0.15, 0.2) is 5.82 Å². The molecule has 2 heterocycles. The van der Waals surface area contributed by atoms with Gasteiger partial charge in [0.2, 0.25) is 0 Å². The maximum absolute atomic E-state index is 11.5. The Hall–Kier alpha value is -1.89. The van der Waals surface area contributed by atoms with Gasteiger partial charge in [-0.3, -0.25) is 5.10 Å². The fraction of sp³-hybridized carbons (Fsp3) is 0.417. The number of carbonyl (C=O) groups is 1. The quantitative estimate of drug-likeness (QED) is 0.905. The van der Waals surface area contributed by atoms with Crippen molar-refractivity contribution in [3.8, 4) is 10.7 Å². The maximum Gasteiger partial charge on any atom is 0.408 e. The van der Waals surface area contributed by atoms with E-state index in [0.717, 1.165) is 4.88 Å². The summed E-state index contributed by atoms with van der Waals surface area (Å²) in [4.78, 5) is 16.8. The molecule has 0 aliphatic heterocycles. The number of hydrogen-bond acceptors (Lipinski definition) is 5. The van der Waals surface area contributed by atoms with Crippen LogP contribution in [-0.4, -0.2) is 26.9 Å². The van der Waals surface area contributed by atoms with E-state index in [1.807, 2.05) is 38.3 Å². The number of carbonyl (C=O) groups excluding carboxylic acids is 1. The zero-order valence-corrected chi connectivity index (χ0v) is 11.9. The summed E-state index contributed by atoms with van der Waals surface area (Å²) >= 11 is 1.56. The van der Waals surface area contributed by atoms with E-state index in [4.69, 9.17) is 4.74 Å². The number of aromatic amines is 1. The molecule has 2 aromatic heterocycles. The minimum absolute atomic E-state index is 0.257. The van der Waals surface area contributed by atoms with Crippen LogP contribution in [-0.2, 0) is 11.3 Å². The molecule has 0 fully saturated rings. The van der Waals surface area contributed by atoms with Crippen molar-refractivity contribution in [3.63, 3.8) is 0 Å². The van der Waals surface area contributed by atoms with E-state index in [1.54, 1.807) is 11.3 Å². The normalized spacial score (nSPS) is 11.3. The minimum atomic E-state index is -0.506. The highest BCUT2D eigenvalue weighted by Gasteiger charge is 2.16. The summed E-state index contributed by atoms with van der Waals surface area (Å²) in [6.07, 6.45) is -0.471. The molecule has 0 saturated carbocycles. The molecule has 0 atom stereocenters. The van der Waals surface area contributed by atoms with Gasteiger partial charge in [0.1, 0.15) is 11.4 Å². The molecule has 1 amide bonds. The number of aromatic nitrogens is 3. The SMILES string of the molecule is CC(C)(C)OC(=O)NCc1nc(-c2cccs2)n[nH]1. The first kappa shape index (κ1) is 13.5. The first-order valence-corrected chi connectivity index (χ1v) is 6.74. The van der Waals surface area contributed by atoms with E-state index in [-0.39, 0.29) is 6.54 Å². The first-order valence-electron chi connectivity index (χ1n) is 5.86. The molecular weight excluding hydrogens is 264 g/mol. The number of nitrogens with one attached hydrogen (secondary N) is 2. The summed E-state index contributed by atoms with van der Waals surface area (Å²) in [7, 11) is 0. The van der Waals surface area contributed by atoms with Gasteiger partial charge in [-0.25, -0.2) is 9.78 Å². The van der Waals surface area contributed by atoms with Gasteiger partial charge in [0, 0.05) is 0 Å². The maximum atomic E-state index is 11.5. The Morgan fingerprint density at radius 2 is 2.32 bits per heavy atom. The number of rotatable bonds is 3. The van der Waals surface area contributed by atoms with Gasteiger partial charge in [0.25, 0.3) is 0 Å². The largest absolute Gasteiger partial charge is 0.444 e. The molecule has 2 aromatic rings. The van der Waals surface area contributed by atoms with E-state index >= 15 is 0 Å². The molecule has 2 N–H and O–H groups in total. The van der Waals surface area contributed by atoms with E-state index in [1.165, 1.54) is 0 Å². The molecule has 0 bridgehead atoms. The lowest BCUT2D eigenvalue weighted by Crippen LogP contribution is -2.32. The summed E-state index contributed by atoms with van der Waals surface area (Å²) in [5.41, 5.74) is -0.506. The topological polar surface area (TPSA) is 79.9 Å². The van der Waals surface area contributed by atoms with Gasteiger partial charge in [-0.15, -0.1) is 11.3 Å². The standard InChI is InChI=1S/C12H16N4O2S/c1-12(2,3)18-11(17)13-7-9-14-10(16-15-9)8-5-4-6-19-8/h4-6H,7H2,1-3H3,(H,13,17)(H,14,15,16). The summed E-state index contributed by atoms with van der Waals surface area (Å²) in [6.45, 7) is 5.70. The predicted octanol–water partition coefficient (Wildman–Crippen LogP) is 2.56. The molecular formula is C12H16N4O2S. The third kappa shape index (κ3) is 4.06. The number of amides is 1. The van der Waals surface area contributed by atoms with Crippen molar-refractivity contribution < 1.29 is 9.53 Å². The van der Waals surface area contributed by atoms with Crippen LogP contribution in [0.25, 0.3) is 10.7 Å². The monoisotopic (exact) mass is 280 g/mol. The number of H-pyrrole nitrogens is 1. The van der Waals surface area contributed by atoms with Gasteiger partial charge in [-0.05, 0) is 32.2 Å². The molecule has 7 heteroatoms. The molecule has 19 heavy (non-hydrogen) atoms. The predicted molar refractivity (Wildman–Crippen MR) is 72.8 cm³/mol. The Morgan fingerprint density at radius 3 is 2.95 bits per heavy atom. The van der Waals surface area contributed by atoms with E-state index < -0.39 is 11.7 Å². The van der Waals surface area contributed by atoms with Crippen molar-refractivity contribution in [1.29, 1.82) is 0 Å². The fourth-order valence-corrected chi connectivity index (χ4v) is 2.02. The molecule has 0 spiro atoms. The van der Waals surface area contributed by atoms with Crippen LogP contribution < -0.4 is 5.32 Å². The summed E-state index contributed by atoms with van der Waals surface area (Å²) in [6, 6.07) is 3.88. The Bertz CT molecular complexity index is 542. The van der Waals surface area contributed by atoms with Crippen molar-refractivity contribution in [2.75, 3.05) is 0 Å². The van der Waals surface area contributed by atoms with E-state index in [2.05, 4.69) is 20.5 Å². The lowest BCUT2D eigenvalue weighted by molar-refractivity contribution is 0.0522. The lowest BCUT2D eigenvalue weighted by Gasteiger charge is -2.19. The number of alkyl carbamates (subject to hydrolysis) is 1.